The Kier molecular flexibility index (Phi) is 7.33. The molecule has 4 nitrogen and oxygen atoms in total. The van der Waals surface area contributed by atoms with Crippen molar-refractivity contribution in [1.29, 1.82) is 5.41 Å². The van der Waals surface area contributed by atoms with Crippen LogP contribution in [0.3, 0.4) is 0 Å². The molecule has 1 aliphatic carbocycles. The average molecular weight is 367 g/mol. The molecule has 3 N–H and O–H groups in total. The molecule has 0 aliphatic heterocycles. The molecular formula is C17H27BrN4. The maximum Gasteiger partial charge on any atom is 0.134 e. The van der Waals surface area contributed by atoms with E-state index in [1.54, 1.807) is 6.20 Å². The second-order valence-electron chi connectivity index (χ2n) is 6.06. The molecule has 0 spiro atoms. The first-order chi connectivity index (χ1) is 10.7. The molecule has 1 aromatic heterocycles. The monoisotopic (exact) mass is 366 g/mol. The van der Waals surface area contributed by atoms with E-state index in [2.05, 4.69) is 38.5 Å². The number of nitrogens with one attached hydrogen (secondary N) is 3. The number of hydrogen-bond acceptors (Lipinski definition) is 4. The van der Waals surface area contributed by atoms with Crippen molar-refractivity contribution in [3.63, 3.8) is 0 Å². The quantitative estimate of drug-likeness (QED) is 0.599. The summed E-state index contributed by atoms with van der Waals surface area (Å²) in [5.74, 6) is 0.797. The van der Waals surface area contributed by atoms with E-state index in [1.807, 2.05) is 6.07 Å². The topological polar surface area (TPSA) is 60.8 Å². The Morgan fingerprint density at radius 1 is 1.41 bits per heavy atom. The highest BCUT2D eigenvalue weighted by molar-refractivity contribution is 9.10. The number of anilines is 1. The minimum Gasteiger partial charge on any atom is -0.369 e. The van der Waals surface area contributed by atoms with Gasteiger partial charge in [-0.1, -0.05) is 26.2 Å². The van der Waals surface area contributed by atoms with Gasteiger partial charge in [0.15, 0.2) is 0 Å². The lowest BCUT2D eigenvalue weighted by atomic mass is 9.94. The summed E-state index contributed by atoms with van der Waals surface area (Å²) >= 11 is 3.39. The van der Waals surface area contributed by atoms with Crippen LogP contribution in [0.15, 0.2) is 16.7 Å². The summed E-state index contributed by atoms with van der Waals surface area (Å²) in [5, 5.41) is 14.7. The van der Waals surface area contributed by atoms with Crippen LogP contribution in [0.25, 0.3) is 0 Å². The van der Waals surface area contributed by atoms with Gasteiger partial charge in [0.25, 0.3) is 0 Å². The standard InChI is InChI=1S/C17H27BrN4/c1-2-15(22-16-6-4-3-5-7-16)8-9-20-17-13(11-19)10-14(18)12-21-17/h10-12,15-16,19,22H,2-9H2,1H3,(H,20,21). The lowest BCUT2D eigenvalue weighted by Gasteiger charge is -2.28. The second-order valence-corrected chi connectivity index (χ2v) is 6.97. The highest BCUT2D eigenvalue weighted by atomic mass is 79.9. The van der Waals surface area contributed by atoms with Gasteiger partial charge in [-0.25, -0.2) is 4.98 Å². The number of rotatable bonds is 8. The van der Waals surface area contributed by atoms with Crippen molar-refractivity contribution in [1.82, 2.24) is 10.3 Å². The third kappa shape index (κ3) is 5.36. The van der Waals surface area contributed by atoms with Crippen LogP contribution in [0.4, 0.5) is 5.82 Å². The molecular weight excluding hydrogens is 340 g/mol. The van der Waals surface area contributed by atoms with Crippen LogP contribution in [0.1, 0.15) is 57.4 Å². The molecule has 1 unspecified atom stereocenters. The predicted octanol–water partition coefficient (Wildman–Crippen LogP) is 4.34. The maximum absolute atomic E-state index is 7.47. The van der Waals surface area contributed by atoms with Gasteiger partial charge >= 0.3 is 0 Å². The van der Waals surface area contributed by atoms with Crippen LogP contribution in [-0.4, -0.2) is 29.8 Å². The van der Waals surface area contributed by atoms with E-state index in [0.717, 1.165) is 35.2 Å². The highest BCUT2D eigenvalue weighted by Crippen LogP contribution is 2.19. The number of pyridine rings is 1. The van der Waals surface area contributed by atoms with Gasteiger partial charge in [-0.3, -0.25) is 0 Å². The van der Waals surface area contributed by atoms with E-state index in [1.165, 1.54) is 38.3 Å². The second kappa shape index (κ2) is 9.26. The van der Waals surface area contributed by atoms with Crippen LogP contribution in [0, 0.1) is 5.41 Å². The Balaban J connectivity index is 1.79. The van der Waals surface area contributed by atoms with E-state index < -0.39 is 0 Å². The van der Waals surface area contributed by atoms with Crippen molar-refractivity contribution in [2.24, 2.45) is 0 Å². The molecule has 5 heteroatoms. The maximum atomic E-state index is 7.47. The van der Waals surface area contributed by atoms with Gasteiger partial charge < -0.3 is 16.0 Å². The van der Waals surface area contributed by atoms with Crippen molar-refractivity contribution >= 4 is 28.0 Å². The molecule has 0 aromatic carbocycles. The summed E-state index contributed by atoms with van der Waals surface area (Å²) in [7, 11) is 0. The Hall–Kier alpha value is -0.940. The normalized spacial score (nSPS) is 17.2. The number of halogens is 1. The molecule has 22 heavy (non-hydrogen) atoms. The van der Waals surface area contributed by atoms with Gasteiger partial charge in [0.05, 0.1) is 0 Å². The first kappa shape index (κ1) is 17.4. The van der Waals surface area contributed by atoms with Crippen molar-refractivity contribution < 1.29 is 0 Å². The van der Waals surface area contributed by atoms with Crippen molar-refractivity contribution in [3.8, 4) is 0 Å². The van der Waals surface area contributed by atoms with Crippen LogP contribution < -0.4 is 10.6 Å². The third-order valence-electron chi connectivity index (χ3n) is 4.39. The smallest absolute Gasteiger partial charge is 0.134 e. The molecule has 0 radical (unpaired) electrons. The fraction of sp³-hybridized carbons (Fsp3) is 0.647. The molecule has 0 saturated heterocycles. The SMILES string of the molecule is CCC(CCNc1ncc(Br)cc1C=N)NC1CCCCC1. The van der Waals surface area contributed by atoms with Gasteiger partial charge in [-0.05, 0) is 47.7 Å². The van der Waals surface area contributed by atoms with Crippen LogP contribution in [-0.2, 0) is 0 Å². The fourth-order valence-corrected chi connectivity index (χ4v) is 3.43. The minimum atomic E-state index is 0.564. The molecule has 1 atom stereocenters. The third-order valence-corrected chi connectivity index (χ3v) is 4.83. The van der Waals surface area contributed by atoms with E-state index in [-0.39, 0.29) is 0 Å². The summed E-state index contributed by atoms with van der Waals surface area (Å²) in [6, 6.07) is 3.19. The largest absolute Gasteiger partial charge is 0.369 e. The summed E-state index contributed by atoms with van der Waals surface area (Å²) < 4.78 is 0.905. The van der Waals surface area contributed by atoms with Gasteiger partial charge in [0.1, 0.15) is 5.82 Å². The average Bonchev–Trinajstić information content (AvgIpc) is 2.56. The lowest BCUT2D eigenvalue weighted by molar-refractivity contribution is 0.325. The number of nitrogens with zero attached hydrogens (tertiary/aromatic N) is 1. The van der Waals surface area contributed by atoms with E-state index in [9.17, 15) is 0 Å². The highest BCUT2D eigenvalue weighted by Gasteiger charge is 2.16. The summed E-state index contributed by atoms with van der Waals surface area (Å²) in [6.07, 6.45) is 12.2. The van der Waals surface area contributed by atoms with Crippen LogP contribution in [0.5, 0.6) is 0 Å². The summed E-state index contributed by atoms with van der Waals surface area (Å²) in [4.78, 5) is 4.36. The number of hydrogen-bond donors (Lipinski definition) is 3. The van der Waals surface area contributed by atoms with E-state index in [4.69, 9.17) is 5.41 Å². The molecule has 122 valence electrons. The fourth-order valence-electron chi connectivity index (χ4n) is 3.09. The Bertz CT molecular complexity index is 472. The summed E-state index contributed by atoms with van der Waals surface area (Å²) in [5.41, 5.74) is 0.822. The lowest BCUT2D eigenvalue weighted by Crippen LogP contribution is -2.40. The van der Waals surface area contributed by atoms with Gasteiger partial charge in [0.2, 0.25) is 0 Å². The van der Waals surface area contributed by atoms with Gasteiger partial charge in [-0.2, -0.15) is 0 Å². The molecule has 1 aromatic rings. The minimum absolute atomic E-state index is 0.564. The molecule has 0 amide bonds. The van der Waals surface area contributed by atoms with Crippen molar-refractivity contribution in [2.75, 3.05) is 11.9 Å². The van der Waals surface area contributed by atoms with Crippen LogP contribution in [0.2, 0.25) is 0 Å². The molecule has 0 bridgehead atoms. The first-order valence-corrected chi connectivity index (χ1v) is 9.18. The Morgan fingerprint density at radius 2 is 2.18 bits per heavy atom. The first-order valence-electron chi connectivity index (χ1n) is 8.39. The van der Waals surface area contributed by atoms with Gasteiger partial charge in [-0.15, -0.1) is 0 Å². The van der Waals surface area contributed by atoms with Crippen molar-refractivity contribution in [2.45, 2.75) is 64.0 Å². The van der Waals surface area contributed by atoms with Crippen molar-refractivity contribution in [3.05, 3.63) is 22.3 Å². The predicted molar refractivity (Wildman–Crippen MR) is 97.0 cm³/mol. The molecule has 2 rings (SSSR count). The molecule has 1 fully saturated rings. The zero-order valence-corrected chi connectivity index (χ0v) is 15.0. The molecule has 1 heterocycles. The Morgan fingerprint density at radius 3 is 2.86 bits per heavy atom. The Labute approximate surface area is 142 Å². The zero-order chi connectivity index (χ0) is 15.8. The molecule has 1 saturated carbocycles. The van der Waals surface area contributed by atoms with Crippen LogP contribution >= 0.6 is 15.9 Å². The van der Waals surface area contributed by atoms with E-state index >= 15 is 0 Å². The number of aromatic nitrogens is 1. The zero-order valence-electron chi connectivity index (χ0n) is 13.4. The van der Waals surface area contributed by atoms with Gasteiger partial charge in [0, 0.05) is 41.1 Å². The van der Waals surface area contributed by atoms with E-state index in [0.29, 0.717) is 12.1 Å². The summed E-state index contributed by atoms with van der Waals surface area (Å²) in [6.45, 7) is 3.13. The molecule has 1 aliphatic rings.